The molecule has 0 saturated heterocycles. The van der Waals surface area contributed by atoms with E-state index in [2.05, 4.69) is 51.4 Å². The van der Waals surface area contributed by atoms with Crippen molar-refractivity contribution in [2.75, 3.05) is 27.7 Å². The van der Waals surface area contributed by atoms with Crippen molar-refractivity contribution in [1.29, 1.82) is 0 Å². The third-order valence-corrected chi connectivity index (χ3v) is 1.72. The van der Waals surface area contributed by atoms with Gasteiger partial charge in [0.25, 0.3) is 0 Å². The normalized spacial score (nSPS) is 8.35. The predicted octanol–water partition coefficient (Wildman–Crippen LogP) is 3.36. The van der Waals surface area contributed by atoms with Gasteiger partial charge in [-0.2, -0.15) is 0 Å². The van der Waals surface area contributed by atoms with Crippen molar-refractivity contribution in [3.8, 4) is 12.3 Å². The van der Waals surface area contributed by atoms with Gasteiger partial charge in [0.05, 0.1) is 0 Å². The summed E-state index contributed by atoms with van der Waals surface area (Å²) in [6, 6.07) is 0. The molecule has 2 heteroatoms. The van der Waals surface area contributed by atoms with Crippen LogP contribution in [0.1, 0.15) is 20.8 Å². The zero-order chi connectivity index (χ0) is 14.3. The molecule has 0 radical (unpaired) electrons. The molecule has 0 spiro atoms. The molecule has 0 N–H and O–H groups in total. The second kappa shape index (κ2) is 17.0. The van der Waals surface area contributed by atoms with E-state index in [1.807, 2.05) is 31.0 Å². The average Bonchev–Trinajstić information content (AvgIpc) is 2.30. The first-order valence-electron chi connectivity index (χ1n) is 5.60. The Bertz CT molecular complexity index is 244. The highest BCUT2D eigenvalue weighted by Crippen LogP contribution is 1.98. The zero-order valence-electron chi connectivity index (χ0n) is 12.3. The van der Waals surface area contributed by atoms with Gasteiger partial charge in [-0.3, -0.25) is 0 Å². The summed E-state index contributed by atoms with van der Waals surface area (Å²) in [5.41, 5.74) is 0.951. The molecule has 0 aliphatic rings. The number of hydrogen-bond donors (Lipinski definition) is 0. The van der Waals surface area contributed by atoms with Gasteiger partial charge in [0.15, 0.2) is 0 Å². The van der Waals surface area contributed by atoms with Crippen molar-refractivity contribution >= 4 is 0 Å². The minimum atomic E-state index is 0.951. The van der Waals surface area contributed by atoms with Crippen LogP contribution in [-0.2, 0) is 0 Å². The van der Waals surface area contributed by atoms with Gasteiger partial charge in [0, 0.05) is 12.7 Å². The summed E-state index contributed by atoms with van der Waals surface area (Å²) in [6.45, 7) is 14.3. The zero-order valence-corrected chi connectivity index (χ0v) is 12.3. The molecular formula is C15H28N2. The van der Waals surface area contributed by atoms with E-state index >= 15 is 0 Å². The molecule has 98 valence electrons. The third-order valence-electron chi connectivity index (χ3n) is 1.72. The molecular weight excluding hydrogens is 208 g/mol. The van der Waals surface area contributed by atoms with Gasteiger partial charge in [0.2, 0.25) is 0 Å². The van der Waals surface area contributed by atoms with E-state index < -0.39 is 0 Å². The topological polar surface area (TPSA) is 6.48 Å². The van der Waals surface area contributed by atoms with Gasteiger partial charge in [0.1, 0.15) is 0 Å². The van der Waals surface area contributed by atoms with E-state index in [1.165, 1.54) is 0 Å². The Morgan fingerprint density at radius 1 is 1.35 bits per heavy atom. The maximum absolute atomic E-state index is 4.60. The van der Waals surface area contributed by atoms with E-state index in [1.54, 1.807) is 13.1 Å². The summed E-state index contributed by atoms with van der Waals surface area (Å²) >= 11 is 0. The van der Waals surface area contributed by atoms with Gasteiger partial charge in [-0.1, -0.05) is 26.2 Å². The molecule has 0 rings (SSSR count). The SMILES string of the molecule is C#CC.C=CN(C)C(=C)/C=C/C.CCN(C)C. The van der Waals surface area contributed by atoms with E-state index in [4.69, 9.17) is 0 Å². The van der Waals surface area contributed by atoms with E-state index in [9.17, 15) is 0 Å². The number of terminal acetylenes is 1. The molecule has 0 aliphatic heterocycles. The first-order valence-corrected chi connectivity index (χ1v) is 5.60. The second-order valence-corrected chi connectivity index (χ2v) is 3.47. The van der Waals surface area contributed by atoms with Crippen LogP contribution in [0.5, 0.6) is 0 Å². The second-order valence-electron chi connectivity index (χ2n) is 3.47. The van der Waals surface area contributed by atoms with Crippen LogP contribution in [-0.4, -0.2) is 37.5 Å². The Morgan fingerprint density at radius 2 is 1.71 bits per heavy atom. The molecule has 2 nitrogen and oxygen atoms in total. The molecule has 0 heterocycles. The highest BCUT2D eigenvalue weighted by molar-refractivity contribution is 5.13. The van der Waals surface area contributed by atoms with Crippen LogP contribution >= 0.6 is 0 Å². The number of nitrogens with zero attached hydrogens (tertiary/aromatic N) is 2. The predicted molar refractivity (Wildman–Crippen MR) is 80.6 cm³/mol. The fourth-order valence-corrected chi connectivity index (χ4v) is 0.427. The van der Waals surface area contributed by atoms with Crippen LogP contribution in [0.25, 0.3) is 0 Å². The van der Waals surface area contributed by atoms with Crippen molar-refractivity contribution in [2.45, 2.75) is 20.8 Å². The summed E-state index contributed by atoms with van der Waals surface area (Å²) < 4.78 is 0. The molecule has 0 fully saturated rings. The maximum atomic E-state index is 4.60. The quantitative estimate of drug-likeness (QED) is 0.545. The summed E-state index contributed by atoms with van der Waals surface area (Å²) in [6.07, 6.45) is 10.2. The molecule has 0 saturated carbocycles. The molecule has 0 aromatic rings. The van der Waals surface area contributed by atoms with E-state index in [0.29, 0.717) is 0 Å². The van der Waals surface area contributed by atoms with Crippen LogP contribution in [0.4, 0.5) is 0 Å². The molecule has 0 amide bonds. The Kier molecular flexibility index (Phi) is 20.8. The lowest BCUT2D eigenvalue weighted by Crippen LogP contribution is -2.08. The molecule has 0 unspecified atom stereocenters. The van der Waals surface area contributed by atoms with Gasteiger partial charge in [-0.05, 0) is 46.8 Å². The smallest absolute Gasteiger partial charge is 0.0326 e. The summed E-state index contributed by atoms with van der Waals surface area (Å²) in [5, 5.41) is 0. The Hall–Kier alpha value is -1.46. The van der Waals surface area contributed by atoms with Gasteiger partial charge in [-0.15, -0.1) is 12.3 Å². The number of rotatable bonds is 4. The first-order chi connectivity index (χ1) is 7.90. The van der Waals surface area contributed by atoms with Crippen molar-refractivity contribution in [1.82, 2.24) is 9.80 Å². The lowest BCUT2D eigenvalue weighted by atomic mass is 10.4. The largest absolute Gasteiger partial charge is 0.352 e. The fraction of sp³-hybridized carbons (Fsp3) is 0.467. The lowest BCUT2D eigenvalue weighted by molar-refractivity contribution is 0.434. The van der Waals surface area contributed by atoms with Gasteiger partial charge in [-0.25, -0.2) is 0 Å². The molecule has 17 heavy (non-hydrogen) atoms. The maximum Gasteiger partial charge on any atom is 0.0326 e. The standard InChI is InChI=1S/C8H13N.C4H11N.C3H4/c1-5-7-8(3)9(4)6-2;1-4-5(2)3;1-3-2/h5-7H,2-3H2,1,4H3;4H2,1-3H3;1H,2H3/b7-5+;;. The van der Waals surface area contributed by atoms with Crippen LogP contribution in [0, 0.1) is 12.3 Å². The minimum absolute atomic E-state index is 0.951. The van der Waals surface area contributed by atoms with Crippen molar-refractivity contribution < 1.29 is 0 Å². The molecule has 0 aromatic carbocycles. The monoisotopic (exact) mass is 236 g/mol. The van der Waals surface area contributed by atoms with Crippen molar-refractivity contribution in [3.05, 3.63) is 37.2 Å². The fourth-order valence-electron chi connectivity index (χ4n) is 0.427. The summed E-state index contributed by atoms with van der Waals surface area (Å²) in [5.74, 6) is 2.25. The van der Waals surface area contributed by atoms with Crippen molar-refractivity contribution in [2.24, 2.45) is 0 Å². The Labute approximate surface area is 108 Å². The molecule has 0 bridgehead atoms. The Balaban J connectivity index is -0.000000207. The van der Waals surface area contributed by atoms with E-state index in [-0.39, 0.29) is 0 Å². The molecule has 0 aromatic heterocycles. The molecule has 0 atom stereocenters. The minimum Gasteiger partial charge on any atom is -0.352 e. The van der Waals surface area contributed by atoms with Gasteiger partial charge >= 0.3 is 0 Å². The van der Waals surface area contributed by atoms with Gasteiger partial charge < -0.3 is 9.80 Å². The highest BCUT2D eigenvalue weighted by Gasteiger charge is 1.87. The number of allylic oxidation sites excluding steroid dienone is 2. The van der Waals surface area contributed by atoms with Crippen LogP contribution < -0.4 is 0 Å². The third kappa shape index (κ3) is 25.1. The summed E-state index contributed by atoms with van der Waals surface area (Å²) in [4.78, 5) is 3.99. The van der Waals surface area contributed by atoms with Crippen LogP contribution in [0.3, 0.4) is 0 Å². The average molecular weight is 236 g/mol. The Morgan fingerprint density at radius 3 is 1.88 bits per heavy atom. The highest BCUT2D eigenvalue weighted by atomic mass is 15.1. The lowest BCUT2D eigenvalue weighted by Gasteiger charge is -2.11. The first kappa shape index (κ1) is 20.9. The van der Waals surface area contributed by atoms with Crippen LogP contribution in [0.15, 0.2) is 37.2 Å². The molecule has 0 aliphatic carbocycles. The van der Waals surface area contributed by atoms with Crippen LogP contribution in [0.2, 0.25) is 0 Å². The van der Waals surface area contributed by atoms with Crippen molar-refractivity contribution in [3.63, 3.8) is 0 Å². The summed E-state index contributed by atoms with van der Waals surface area (Å²) in [7, 11) is 6.02. The number of likely N-dealkylation sites (N-methyl/N-ethyl adjacent to an activating group) is 1. The number of hydrogen-bond acceptors (Lipinski definition) is 2. The van der Waals surface area contributed by atoms with E-state index in [0.717, 1.165) is 12.2 Å².